The molecule has 0 rings (SSSR count). The molecule has 1 N–H and O–H groups in total. The third-order valence-electron chi connectivity index (χ3n) is 2.87. The van der Waals surface area contributed by atoms with Gasteiger partial charge in [0.15, 0.2) is 9.84 Å². The summed E-state index contributed by atoms with van der Waals surface area (Å²) >= 11 is 0. The lowest BCUT2D eigenvalue weighted by molar-refractivity contribution is 0.145. The van der Waals surface area contributed by atoms with Crippen LogP contribution in [0, 0.1) is 5.92 Å². The third kappa shape index (κ3) is 8.89. The van der Waals surface area contributed by atoms with Gasteiger partial charge in [-0.25, -0.2) is 8.42 Å². The van der Waals surface area contributed by atoms with E-state index >= 15 is 0 Å². The van der Waals surface area contributed by atoms with Crippen molar-refractivity contribution in [1.82, 2.24) is 5.32 Å². The monoisotopic (exact) mass is 279 g/mol. The van der Waals surface area contributed by atoms with Gasteiger partial charge in [0, 0.05) is 19.8 Å². The van der Waals surface area contributed by atoms with Gasteiger partial charge in [-0.3, -0.25) is 0 Å². The normalized spacial score (nSPS) is 14.1. The minimum Gasteiger partial charge on any atom is -0.382 e. The van der Waals surface area contributed by atoms with E-state index in [9.17, 15) is 8.42 Å². The Balaban J connectivity index is 3.76. The van der Waals surface area contributed by atoms with Gasteiger partial charge in [0.1, 0.15) is 0 Å². The van der Waals surface area contributed by atoms with Crippen molar-refractivity contribution in [2.75, 3.05) is 32.1 Å². The van der Waals surface area contributed by atoms with Gasteiger partial charge < -0.3 is 10.1 Å². The Morgan fingerprint density at radius 3 is 2.44 bits per heavy atom. The van der Waals surface area contributed by atoms with Gasteiger partial charge in [-0.1, -0.05) is 13.8 Å². The molecule has 1 unspecified atom stereocenters. The maximum atomic E-state index is 11.9. The molecule has 0 aromatic heterocycles. The summed E-state index contributed by atoms with van der Waals surface area (Å²) in [5, 5.41) is 2.88. The average Bonchev–Trinajstić information content (AvgIpc) is 2.31. The molecule has 0 radical (unpaired) electrons. The molecule has 1 atom stereocenters. The van der Waals surface area contributed by atoms with Gasteiger partial charge in [-0.05, 0) is 39.2 Å². The summed E-state index contributed by atoms with van der Waals surface area (Å²) in [4.78, 5) is 0. The predicted octanol–water partition coefficient (Wildman–Crippen LogP) is 1.85. The molecule has 0 spiro atoms. The molecule has 0 bridgehead atoms. The minimum absolute atomic E-state index is 0.298. The standard InChI is InChI=1S/C13H29NO3S/c1-5-17-9-6-8-14-11-13(4)18(15,16)10-7-12(2)3/h12-14H,5-11H2,1-4H3. The molecule has 0 saturated heterocycles. The van der Waals surface area contributed by atoms with Crippen LogP contribution in [0.25, 0.3) is 0 Å². The Kier molecular flexibility index (Phi) is 9.68. The van der Waals surface area contributed by atoms with E-state index in [1.54, 1.807) is 6.92 Å². The van der Waals surface area contributed by atoms with Crippen molar-refractivity contribution in [2.45, 2.75) is 45.8 Å². The zero-order valence-corrected chi connectivity index (χ0v) is 13.1. The van der Waals surface area contributed by atoms with Gasteiger partial charge in [0.25, 0.3) is 0 Å². The van der Waals surface area contributed by atoms with E-state index < -0.39 is 9.84 Å². The van der Waals surface area contributed by atoms with E-state index in [-0.39, 0.29) is 5.25 Å². The van der Waals surface area contributed by atoms with Gasteiger partial charge in [0.2, 0.25) is 0 Å². The predicted molar refractivity (Wildman–Crippen MR) is 76.7 cm³/mol. The van der Waals surface area contributed by atoms with E-state index in [0.29, 0.717) is 18.2 Å². The van der Waals surface area contributed by atoms with E-state index in [1.807, 2.05) is 20.8 Å². The zero-order valence-electron chi connectivity index (χ0n) is 12.2. The smallest absolute Gasteiger partial charge is 0.154 e. The van der Waals surface area contributed by atoms with Gasteiger partial charge in [-0.15, -0.1) is 0 Å². The minimum atomic E-state index is -2.95. The summed E-state index contributed by atoms with van der Waals surface area (Å²) < 4.78 is 29.1. The number of nitrogens with one attached hydrogen (secondary N) is 1. The highest BCUT2D eigenvalue weighted by atomic mass is 32.2. The van der Waals surface area contributed by atoms with Crippen molar-refractivity contribution in [3.63, 3.8) is 0 Å². The molecule has 0 aliphatic rings. The Bertz CT molecular complexity index is 289. The molecule has 4 nitrogen and oxygen atoms in total. The van der Waals surface area contributed by atoms with Crippen LogP contribution in [-0.2, 0) is 14.6 Å². The maximum absolute atomic E-state index is 11.9. The molecule has 0 heterocycles. The van der Waals surface area contributed by atoms with Crippen LogP contribution in [0.3, 0.4) is 0 Å². The quantitative estimate of drug-likeness (QED) is 0.587. The molecule has 0 amide bonds. The van der Waals surface area contributed by atoms with E-state index in [1.165, 1.54) is 0 Å². The lowest BCUT2D eigenvalue weighted by Gasteiger charge is -2.14. The lowest BCUT2D eigenvalue weighted by Crippen LogP contribution is -2.33. The highest BCUT2D eigenvalue weighted by molar-refractivity contribution is 7.92. The Morgan fingerprint density at radius 2 is 1.89 bits per heavy atom. The first kappa shape index (κ1) is 17.9. The van der Waals surface area contributed by atoms with Crippen molar-refractivity contribution in [3.05, 3.63) is 0 Å². The molecule has 5 heteroatoms. The molecular formula is C13H29NO3S. The molecule has 0 aromatic rings. The summed E-state index contributed by atoms with van der Waals surface area (Å²) in [6, 6.07) is 0. The van der Waals surface area contributed by atoms with Crippen LogP contribution in [0.5, 0.6) is 0 Å². The first-order chi connectivity index (χ1) is 8.40. The Morgan fingerprint density at radius 1 is 1.22 bits per heavy atom. The molecule has 0 saturated carbocycles. The highest BCUT2D eigenvalue weighted by Crippen LogP contribution is 2.08. The summed E-state index contributed by atoms with van der Waals surface area (Å²) in [6.07, 6.45) is 1.67. The fraction of sp³-hybridized carbons (Fsp3) is 1.00. The molecule has 0 fully saturated rings. The fourth-order valence-electron chi connectivity index (χ4n) is 1.48. The number of hydrogen-bond donors (Lipinski definition) is 1. The van der Waals surface area contributed by atoms with Crippen LogP contribution in [-0.4, -0.2) is 45.7 Å². The number of rotatable bonds is 11. The Hall–Kier alpha value is -0.130. The van der Waals surface area contributed by atoms with E-state index in [0.717, 1.165) is 32.6 Å². The van der Waals surface area contributed by atoms with Crippen molar-refractivity contribution in [2.24, 2.45) is 5.92 Å². The van der Waals surface area contributed by atoms with Crippen LogP contribution in [0.4, 0.5) is 0 Å². The van der Waals surface area contributed by atoms with Gasteiger partial charge >= 0.3 is 0 Å². The molecule has 110 valence electrons. The SMILES string of the molecule is CCOCCCNCC(C)S(=O)(=O)CCC(C)C. The van der Waals surface area contributed by atoms with Crippen molar-refractivity contribution in [1.29, 1.82) is 0 Å². The van der Waals surface area contributed by atoms with Crippen LogP contribution in [0.2, 0.25) is 0 Å². The highest BCUT2D eigenvalue weighted by Gasteiger charge is 2.20. The lowest BCUT2D eigenvalue weighted by atomic mass is 10.2. The van der Waals surface area contributed by atoms with Gasteiger partial charge in [-0.2, -0.15) is 0 Å². The van der Waals surface area contributed by atoms with Crippen molar-refractivity contribution >= 4 is 9.84 Å². The van der Waals surface area contributed by atoms with Crippen molar-refractivity contribution < 1.29 is 13.2 Å². The summed E-state index contributed by atoms with van der Waals surface area (Å²) in [5.74, 6) is 0.734. The third-order valence-corrected chi connectivity index (χ3v) is 5.07. The van der Waals surface area contributed by atoms with Crippen LogP contribution in [0.1, 0.15) is 40.5 Å². The molecule has 18 heavy (non-hydrogen) atoms. The molecule has 0 aromatic carbocycles. The second-order valence-electron chi connectivity index (χ2n) is 5.11. The zero-order chi connectivity index (χ0) is 14.0. The Labute approximate surface area is 112 Å². The summed E-state index contributed by atoms with van der Waals surface area (Å²) in [7, 11) is -2.95. The fourth-order valence-corrected chi connectivity index (χ4v) is 3.05. The summed E-state index contributed by atoms with van der Waals surface area (Å²) in [6.45, 7) is 10.7. The second-order valence-corrected chi connectivity index (χ2v) is 7.65. The first-order valence-corrected chi connectivity index (χ1v) is 8.61. The first-order valence-electron chi connectivity index (χ1n) is 6.90. The van der Waals surface area contributed by atoms with E-state index in [4.69, 9.17) is 4.74 Å². The van der Waals surface area contributed by atoms with Crippen LogP contribution < -0.4 is 5.32 Å². The number of ether oxygens (including phenoxy) is 1. The number of hydrogen-bond acceptors (Lipinski definition) is 4. The average molecular weight is 279 g/mol. The largest absolute Gasteiger partial charge is 0.382 e. The second kappa shape index (κ2) is 9.75. The van der Waals surface area contributed by atoms with Crippen molar-refractivity contribution in [3.8, 4) is 0 Å². The van der Waals surface area contributed by atoms with Crippen LogP contribution in [0.15, 0.2) is 0 Å². The maximum Gasteiger partial charge on any atom is 0.154 e. The molecule has 0 aliphatic carbocycles. The molecular weight excluding hydrogens is 250 g/mol. The number of sulfone groups is 1. The summed E-state index contributed by atoms with van der Waals surface area (Å²) in [5.41, 5.74) is 0. The van der Waals surface area contributed by atoms with Crippen LogP contribution >= 0.6 is 0 Å². The van der Waals surface area contributed by atoms with E-state index in [2.05, 4.69) is 5.32 Å². The topological polar surface area (TPSA) is 55.4 Å². The van der Waals surface area contributed by atoms with Gasteiger partial charge in [0.05, 0.1) is 11.0 Å². The molecule has 0 aliphatic heterocycles.